The Labute approximate surface area is 223 Å². The third-order valence-electron chi connectivity index (χ3n) is 7.13. The molecule has 4 rings (SSSR count). The molecule has 11 nitrogen and oxygen atoms in total. The van der Waals surface area contributed by atoms with Crippen LogP contribution in [-0.4, -0.2) is 93.9 Å². The molecule has 0 bridgehead atoms. The molecular formula is C27H37N4O7+. The number of amides is 1. The number of hydrogen-bond donors (Lipinski definition) is 1. The third-order valence-corrected chi connectivity index (χ3v) is 7.13. The van der Waals surface area contributed by atoms with Gasteiger partial charge in [0.25, 0.3) is 0 Å². The van der Waals surface area contributed by atoms with Gasteiger partial charge in [0.2, 0.25) is 17.4 Å². The second-order valence-electron chi connectivity index (χ2n) is 9.29. The summed E-state index contributed by atoms with van der Waals surface area (Å²) in [6.07, 6.45) is -0.301. The molecule has 1 saturated heterocycles. The molecule has 2 aliphatic heterocycles. The van der Waals surface area contributed by atoms with Crippen LogP contribution in [0.2, 0.25) is 0 Å². The maximum atomic E-state index is 12.8. The van der Waals surface area contributed by atoms with E-state index in [0.717, 1.165) is 36.5 Å². The molecule has 0 radical (unpaired) electrons. The van der Waals surface area contributed by atoms with Crippen LogP contribution in [0, 0.1) is 4.91 Å². The molecule has 2 aromatic rings. The number of piperazine rings is 1. The average molecular weight is 530 g/mol. The molecule has 1 N–H and O–H groups in total. The summed E-state index contributed by atoms with van der Waals surface area (Å²) in [6, 6.07) is 8.71. The van der Waals surface area contributed by atoms with Gasteiger partial charge >= 0.3 is 11.9 Å². The van der Waals surface area contributed by atoms with Crippen molar-refractivity contribution in [2.24, 2.45) is 0 Å². The summed E-state index contributed by atoms with van der Waals surface area (Å²) in [5.41, 5.74) is 1.49. The van der Waals surface area contributed by atoms with E-state index >= 15 is 0 Å². The number of carbonyl (C=O) groups is 1. The van der Waals surface area contributed by atoms with Crippen LogP contribution < -0.4 is 29.0 Å². The fraction of sp³-hybridized carbons (Fsp3) is 0.519. The van der Waals surface area contributed by atoms with Gasteiger partial charge in [0.05, 0.1) is 45.7 Å². The first kappa shape index (κ1) is 27.5. The highest BCUT2D eigenvalue weighted by atomic mass is 16.5. The zero-order valence-electron chi connectivity index (χ0n) is 22.7. The van der Waals surface area contributed by atoms with Gasteiger partial charge in [-0.1, -0.05) is 6.07 Å². The Morgan fingerprint density at radius 1 is 1.03 bits per heavy atom. The molecule has 2 unspecified atom stereocenters. The quantitative estimate of drug-likeness (QED) is 0.440. The highest BCUT2D eigenvalue weighted by Gasteiger charge is 2.40. The number of nitroso groups, excluding NO2 is 1. The summed E-state index contributed by atoms with van der Waals surface area (Å²) in [6.45, 7) is 6.13. The maximum Gasteiger partial charge on any atom is 0.352 e. The SMILES string of the molecule is COc1ccc2c(c1)OC(CCNC(=O)C(C)N1CCN(Cc3ccc(OC)c(OC)c3OC)CC1)[N+]2=O. The standard InChI is InChI=1S/C27H36N4O7/c1-18(27(32)28-11-10-24-31(33)21-8-7-20(34-2)16-23(21)38-24)30-14-12-29(13-15-30)17-19-6-9-22(35-3)26(37-5)25(19)36-4/h6-9,16,18,24H,10-15,17H2,1-5H3/p+1. The second kappa shape index (κ2) is 12.3. The van der Waals surface area contributed by atoms with Gasteiger partial charge in [-0.3, -0.25) is 14.6 Å². The van der Waals surface area contributed by atoms with Crippen molar-refractivity contribution in [3.63, 3.8) is 0 Å². The van der Waals surface area contributed by atoms with Gasteiger partial charge in [-0.05, 0) is 19.1 Å². The molecule has 38 heavy (non-hydrogen) atoms. The summed E-state index contributed by atoms with van der Waals surface area (Å²) in [7, 11) is 6.39. The lowest BCUT2D eigenvalue weighted by Gasteiger charge is -2.37. The zero-order valence-corrected chi connectivity index (χ0v) is 22.7. The summed E-state index contributed by atoms with van der Waals surface area (Å²) in [4.78, 5) is 29.9. The fourth-order valence-corrected chi connectivity index (χ4v) is 4.89. The van der Waals surface area contributed by atoms with Crippen molar-refractivity contribution in [3.05, 3.63) is 40.8 Å². The molecule has 11 heteroatoms. The van der Waals surface area contributed by atoms with Crippen molar-refractivity contribution < 1.29 is 33.2 Å². The number of hydrogen-bond acceptors (Lipinski definition) is 9. The molecule has 2 heterocycles. The molecular weight excluding hydrogens is 492 g/mol. The van der Waals surface area contributed by atoms with Gasteiger partial charge < -0.3 is 29.0 Å². The molecule has 0 aliphatic carbocycles. The largest absolute Gasteiger partial charge is 0.497 e. The summed E-state index contributed by atoms with van der Waals surface area (Å²) in [5.74, 6) is 2.95. The van der Waals surface area contributed by atoms with E-state index in [1.54, 1.807) is 46.6 Å². The summed E-state index contributed by atoms with van der Waals surface area (Å²) >= 11 is 0. The van der Waals surface area contributed by atoms with Crippen molar-refractivity contribution in [3.8, 4) is 28.7 Å². The highest BCUT2D eigenvalue weighted by molar-refractivity contribution is 5.81. The topological polar surface area (TPSA) is 102 Å². The van der Waals surface area contributed by atoms with E-state index in [1.165, 1.54) is 0 Å². The first-order chi connectivity index (χ1) is 18.4. The number of methoxy groups -OCH3 is 4. The van der Waals surface area contributed by atoms with Crippen LogP contribution in [0.15, 0.2) is 30.3 Å². The van der Waals surface area contributed by atoms with Crippen molar-refractivity contribution in [1.82, 2.24) is 15.1 Å². The first-order valence-corrected chi connectivity index (χ1v) is 12.7. The van der Waals surface area contributed by atoms with E-state index in [-0.39, 0.29) is 11.9 Å². The Morgan fingerprint density at radius 3 is 2.42 bits per heavy atom. The molecule has 2 aliphatic rings. The Balaban J connectivity index is 1.23. The predicted molar refractivity (Wildman–Crippen MR) is 141 cm³/mol. The van der Waals surface area contributed by atoms with Gasteiger partial charge in [0, 0.05) is 61.9 Å². The van der Waals surface area contributed by atoms with Crippen LogP contribution in [0.1, 0.15) is 18.9 Å². The van der Waals surface area contributed by atoms with Crippen LogP contribution >= 0.6 is 0 Å². The van der Waals surface area contributed by atoms with E-state index < -0.39 is 6.23 Å². The van der Waals surface area contributed by atoms with Crippen LogP contribution in [0.5, 0.6) is 28.7 Å². The second-order valence-corrected chi connectivity index (χ2v) is 9.29. The molecule has 206 valence electrons. The van der Waals surface area contributed by atoms with E-state index in [0.29, 0.717) is 53.9 Å². The average Bonchev–Trinajstić information content (AvgIpc) is 3.26. The van der Waals surface area contributed by atoms with Crippen molar-refractivity contribution in [2.75, 3.05) is 61.2 Å². The fourth-order valence-electron chi connectivity index (χ4n) is 4.89. The smallest absolute Gasteiger partial charge is 0.352 e. The van der Waals surface area contributed by atoms with Crippen molar-refractivity contribution in [1.29, 1.82) is 0 Å². The van der Waals surface area contributed by atoms with E-state index in [2.05, 4.69) is 15.1 Å². The van der Waals surface area contributed by atoms with Gasteiger partial charge in [0.15, 0.2) is 11.5 Å². The van der Waals surface area contributed by atoms with Crippen LogP contribution in [0.4, 0.5) is 5.69 Å². The molecule has 0 aromatic heterocycles. The first-order valence-electron chi connectivity index (χ1n) is 12.7. The van der Waals surface area contributed by atoms with E-state index in [9.17, 15) is 9.70 Å². The highest BCUT2D eigenvalue weighted by Crippen LogP contribution is 2.40. The van der Waals surface area contributed by atoms with Gasteiger partial charge in [-0.2, -0.15) is 0 Å². The minimum atomic E-state index is -0.676. The Morgan fingerprint density at radius 2 is 1.76 bits per heavy atom. The predicted octanol–water partition coefficient (Wildman–Crippen LogP) is 2.56. The molecule has 0 spiro atoms. The lowest BCUT2D eigenvalue weighted by Crippen LogP contribution is -2.53. The molecule has 0 saturated carbocycles. The van der Waals surface area contributed by atoms with Gasteiger partial charge in [-0.15, -0.1) is 0 Å². The maximum absolute atomic E-state index is 12.8. The lowest BCUT2D eigenvalue weighted by atomic mass is 10.1. The third kappa shape index (κ3) is 5.78. The van der Waals surface area contributed by atoms with Gasteiger partial charge in [0.1, 0.15) is 5.75 Å². The van der Waals surface area contributed by atoms with E-state index in [1.807, 2.05) is 19.1 Å². The Bertz CT molecular complexity index is 1150. The number of nitrogens with one attached hydrogen (secondary N) is 1. The molecule has 2 aromatic carbocycles. The number of benzene rings is 2. The normalized spacial score (nSPS) is 18.3. The lowest BCUT2D eigenvalue weighted by molar-refractivity contribution is -0.529. The minimum absolute atomic E-state index is 0.0605. The van der Waals surface area contributed by atoms with Gasteiger partial charge in [-0.25, -0.2) is 0 Å². The number of fused-ring (bicyclic) bond motifs is 1. The van der Waals surface area contributed by atoms with Crippen molar-refractivity contribution in [2.45, 2.75) is 32.2 Å². The minimum Gasteiger partial charge on any atom is -0.497 e. The number of ether oxygens (including phenoxy) is 5. The molecule has 2 atom stereocenters. The zero-order chi connectivity index (χ0) is 27.2. The Kier molecular flexibility index (Phi) is 8.90. The van der Waals surface area contributed by atoms with Crippen LogP contribution in [-0.2, 0) is 11.3 Å². The Hall–Kier alpha value is -3.57. The van der Waals surface area contributed by atoms with E-state index in [4.69, 9.17) is 23.7 Å². The molecule has 1 fully saturated rings. The number of nitrogens with zero attached hydrogens (tertiary/aromatic N) is 3. The monoisotopic (exact) mass is 529 g/mol. The van der Waals surface area contributed by atoms with Crippen molar-refractivity contribution >= 4 is 11.6 Å². The molecule has 1 amide bonds. The van der Waals surface area contributed by atoms with Crippen LogP contribution in [0.25, 0.3) is 0 Å². The summed E-state index contributed by atoms with van der Waals surface area (Å²) in [5, 5.41) is 2.96. The number of rotatable bonds is 11. The number of carbonyl (C=O) groups excluding carboxylic acids is 1. The summed E-state index contributed by atoms with van der Waals surface area (Å²) < 4.78 is 28.3. The van der Waals surface area contributed by atoms with Crippen LogP contribution in [0.3, 0.4) is 0 Å².